The molecule has 1 aliphatic rings. The van der Waals surface area contributed by atoms with Crippen LogP contribution >= 0.6 is 0 Å². The number of benzene rings is 1. The second-order valence-electron chi connectivity index (χ2n) is 5.26. The Kier molecular flexibility index (Phi) is 4.86. The van der Waals surface area contributed by atoms with E-state index in [1.54, 1.807) is 0 Å². The van der Waals surface area contributed by atoms with Crippen LogP contribution in [0, 0.1) is 23.4 Å². The lowest BCUT2D eigenvalue weighted by atomic mass is 9.90. The average molecular weight is 271 g/mol. The van der Waals surface area contributed by atoms with Crippen LogP contribution in [-0.2, 0) is 0 Å². The van der Waals surface area contributed by atoms with Gasteiger partial charge in [-0.05, 0) is 31.7 Å². The normalized spacial score (nSPS) is 17.9. The maximum absolute atomic E-state index is 13.9. The summed E-state index contributed by atoms with van der Waals surface area (Å²) in [7, 11) is 0. The monoisotopic (exact) mass is 271 g/mol. The van der Waals surface area contributed by atoms with Gasteiger partial charge >= 0.3 is 0 Å². The number of hydrogen-bond donors (Lipinski definition) is 1. The fourth-order valence-corrected chi connectivity index (χ4v) is 2.95. The third-order valence-corrected chi connectivity index (χ3v) is 3.84. The summed E-state index contributed by atoms with van der Waals surface area (Å²) in [6.07, 6.45) is 5.03. The number of rotatable bonds is 5. The molecule has 0 amide bonds. The molecule has 0 radical (unpaired) electrons. The summed E-state index contributed by atoms with van der Waals surface area (Å²) in [6.45, 7) is 2.72. The van der Waals surface area contributed by atoms with Crippen molar-refractivity contribution in [1.29, 1.82) is 0 Å². The van der Waals surface area contributed by atoms with E-state index in [9.17, 15) is 13.2 Å². The van der Waals surface area contributed by atoms with E-state index in [-0.39, 0.29) is 17.5 Å². The second-order valence-corrected chi connectivity index (χ2v) is 5.26. The highest BCUT2D eigenvalue weighted by Crippen LogP contribution is 2.37. The van der Waals surface area contributed by atoms with Gasteiger partial charge in [-0.3, -0.25) is 0 Å². The van der Waals surface area contributed by atoms with E-state index in [2.05, 4.69) is 5.32 Å². The highest BCUT2D eigenvalue weighted by Gasteiger charge is 2.30. The van der Waals surface area contributed by atoms with Crippen molar-refractivity contribution in [3.05, 3.63) is 35.1 Å². The lowest BCUT2D eigenvalue weighted by Crippen LogP contribution is -2.29. The number of nitrogens with one attached hydrogen (secondary N) is 1. The Morgan fingerprint density at radius 3 is 2.26 bits per heavy atom. The minimum absolute atomic E-state index is 0.00162. The van der Waals surface area contributed by atoms with Gasteiger partial charge in [0.25, 0.3) is 0 Å². The molecular formula is C15H20F3N. The summed E-state index contributed by atoms with van der Waals surface area (Å²) in [6, 6.07) is 1.20. The van der Waals surface area contributed by atoms with Crippen LogP contribution in [0.4, 0.5) is 13.2 Å². The van der Waals surface area contributed by atoms with E-state index in [0.29, 0.717) is 6.54 Å². The predicted octanol–water partition coefficient (Wildman–Crippen LogP) is 4.33. The molecule has 19 heavy (non-hydrogen) atoms. The molecule has 1 N–H and O–H groups in total. The molecule has 1 saturated carbocycles. The molecule has 1 unspecified atom stereocenters. The molecule has 106 valence electrons. The lowest BCUT2D eigenvalue weighted by Gasteiger charge is -2.26. The number of hydrogen-bond acceptors (Lipinski definition) is 1. The van der Waals surface area contributed by atoms with Gasteiger partial charge in [-0.25, -0.2) is 13.2 Å². The first-order valence-corrected chi connectivity index (χ1v) is 7.01. The molecule has 1 nitrogen and oxygen atoms in total. The van der Waals surface area contributed by atoms with Crippen molar-refractivity contribution >= 4 is 0 Å². The molecule has 0 saturated heterocycles. The van der Waals surface area contributed by atoms with Crippen molar-refractivity contribution in [1.82, 2.24) is 5.32 Å². The highest BCUT2D eigenvalue weighted by atomic mass is 19.1. The standard InChI is InChI=1S/C15H20F3N/c1-2-7-19-15(10-5-3-4-6-10)14-12(17)8-11(16)9-13(14)18/h8-10,15,19H,2-7H2,1H3. The zero-order chi connectivity index (χ0) is 13.8. The quantitative estimate of drug-likeness (QED) is 0.840. The maximum Gasteiger partial charge on any atom is 0.133 e. The van der Waals surface area contributed by atoms with Crippen molar-refractivity contribution in [3.8, 4) is 0 Å². The van der Waals surface area contributed by atoms with Gasteiger partial charge in [-0.15, -0.1) is 0 Å². The zero-order valence-corrected chi connectivity index (χ0v) is 11.2. The molecule has 1 aromatic rings. The first-order chi connectivity index (χ1) is 9.13. The van der Waals surface area contributed by atoms with E-state index in [1.165, 1.54) is 0 Å². The van der Waals surface area contributed by atoms with E-state index < -0.39 is 17.5 Å². The van der Waals surface area contributed by atoms with Crippen LogP contribution in [0.1, 0.15) is 50.6 Å². The van der Waals surface area contributed by atoms with Gasteiger partial charge in [0.15, 0.2) is 0 Å². The van der Waals surface area contributed by atoms with Crippen LogP contribution in [-0.4, -0.2) is 6.54 Å². The van der Waals surface area contributed by atoms with E-state index in [4.69, 9.17) is 0 Å². The van der Waals surface area contributed by atoms with Gasteiger partial charge in [0, 0.05) is 23.7 Å². The second kappa shape index (κ2) is 6.42. The van der Waals surface area contributed by atoms with Gasteiger partial charge in [-0.2, -0.15) is 0 Å². The Morgan fingerprint density at radius 1 is 1.16 bits per heavy atom. The first-order valence-electron chi connectivity index (χ1n) is 7.01. The molecule has 1 aliphatic carbocycles. The van der Waals surface area contributed by atoms with Crippen molar-refractivity contribution in [2.45, 2.75) is 45.1 Å². The predicted molar refractivity (Wildman–Crippen MR) is 69.3 cm³/mol. The van der Waals surface area contributed by atoms with E-state index in [1.807, 2.05) is 6.92 Å². The smallest absolute Gasteiger partial charge is 0.133 e. The molecule has 0 aromatic heterocycles. The summed E-state index contributed by atoms with van der Waals surface area (Å²) >= 11 is 0. The number of halogens is 3. The third kappa shape index (κ3) is 3.30. The molecule has 0 heterocycles. The van der Waals surface area contributed by atoms with Gasteiger partial charge in [0.05, 0.1) is 0 Å². The average Bonchev–Trinajstić information content (AvgIpc) is 2.85. The fraction of sp³-hybridized carbons (Fsp3) is 0.600. The van der Waals surface area contributed by atoms with Crippen LogP contribution < -0.4 is 5.32 Å². The topological polar surface area (TPSA) is 12.0 Å². The van der Waals surface area contributed by atoms with Crippen LogP contribution in [0.15, 0.2) is 12.1 Å². The van der Waals surface area contributed by atoms with E-state index in [0.717, 1.165) is 44.2 Å². The van der Waals surface area contributed by atoms with Gasteiger partial charge in [0.1, 0.15) is 17.5 Å². The summed E-state index contributed by atoms with van der Waals surface area (Å²) in [5.41, 5.74) is 0.00162. The van der Waals surface area contributed by atoms with Crippen LogP contribution in [0.5, 0.6) is 0 Å². The summed E-state index contributed by atoms with van der Waals surface area (Å²) in [4.78, 5) is 0. The SMILES string of the molecule is CCCNC(c1c(F)cc(F)cc1F)C1CCCC1. The molecular weight excluding hydrogens is 251 g/mol. The Labute approximate surface area is 112 Å². The molecule has 0 bridgehead atoms. The van der Waals surface area contributed by atoms with Crippen molar-refractivity contribution < 1.29 is 13.2 Å². The molecule has 4 heteroatoms. The highest BCUT2D eigenvalue weighted by molar-refractivity contribution is 5.25. The van der Waals surface area contributed by atoms with E-state index >= 15 is 0 Å². The van der Waals surface area contributed by atoms with Gasteiger partial charge in [0.2, 0.25) is 0 Å². The van der Waals surface area contributed by atoms with Crippen LogP contribution in [0.2, 0.25) is 0 Å². The summed E-state index contributed by atoms with van der Waals surface area (Å²) in [5.74, 6) is -2.18. The largest absolute Gasteiger partial charge is 0.310 e. The lowest BCUT2D eigenvalue weighted by molar-refractivity contribution is 0.343. The zero-order valence-electron chi connectivity index (χ0n) is 11.2. The van der Waals surface area contributed by atoms with Crippen molar-refractivity contribution in [2.75, 3.05) is 6.54 Å². The molecule has 0 aliphatic heterocycles. The molecule has 0 spiro atoms. The Morgan fingerprint density at radius 2 is 1.74 bits per heavy atom. The minimum Gasteiger partial charge on any atom is -0.310 e. The fourth-order valence-electron chi connectivity index (χ4n) is 2.95. The Hall–Kier alpha value is -1.03. The molecule has 2 rings (SSSR count). The van der Waals surface area contributed by atoms with Crippen molar-refractivity contribution in [2.24, 2.45) is 5.92 Å². The minimum atomic E-state index is -0.862. The van der Waals surface area contributed by atoms with Gasteiger partial charge < -0.3 is 5.32 Å². The van der Waals surface area contributed by atoms with Gasteiger partial charge in [-0.1, -0.05) is 19.8 Å². The summed E-state index contributed by atoms with van der Waals surface area (Å²) < 4.78 is 40.8. The molecule has 1 fully saturated rings. The Bertz CT molecular complexity index is 404. The Balaban J connectivity index is 2.31. The van der Waals surface area contributed by atoms with Crippen LogP contribution in [0.3, 0.4) is 0 Å². The maximum atomic E-state index is 13.9. The summed E-state index contributed by atoms with van der Waals surface area (Å²) in [5, 5.41) is 3.23. The van der Waals surface area contributed by atoms with Crippen molar-refractivity contribution in [3.63, 3.8) is 0 Å². The first kappa shape index (κ1) is 14.4. The van der Waals surface area contributed by atoms with Crippen LogP contribution in [0.25, 0.3) is 0 Å². The third-order valence-electron chi connectivity index (χ3n) is 3.84. The molecule has 1 aromatic carbocycles. The molecule has 1 atom stereocenters.